The van der Waals surface area contributed by atoms with Gasteiger partial charge in [-0.05, 0) is 55.8 Å². The van der Waals surface area contributed by atoms with Crippen LogP contribution in [0.3, 0.4) is 0 Å². The number of carbonyl (C=O) groups excluding carboxylic acids is 1. The molecule has 266 valence electrons. The van der Waals surface area contributed by atoms with Crippen LogP contribution < -0.4 is 35.0 Å². The van der Waals surface area contributed by atoms with Gasteiger partial charge in [0.2, 0.25) is 11.5 Å². The van der Waals surface area contributed by atoms with Crippen LogP contribution in [-0.2, 0) is 24.9 Å². The van der Waals surface area contributed by atoms with E-state index in [4.69, 9.17) is 38.6 Å². The SMILES string of the molecule is COc1cc2c(cc1OCCCN1CCOCC1)NC=C(C#N)C2(Nc1ccc(Oc2ccccc2OOC(C)C(=O)NCCO)cc1)OC. The number of nitrogens with one attached hydrogen (secondary N) is 3. The first-order valence-corrected chi connectivity index (χ1v) is 16.4. The number of carbonyl (C=O) groups is 1. The van der Waals surface area contributed by atoms with Gasteiger partial charge in [-0.1, -0.05) is 12.1 Å². The van der Waals surface area contributed by atoms with Crippen LogP contribution in [0.15, 0.2) is 72.4 Å². The molecule has 1 amide bonds. The molecule has 2 heterocycles. The molecule has 14 heteroatoms. The molecule has 1 fully saturated rings. The summed E-state index contributed by atoms with van der Waals surface area (Å²) in [5.74, 6) is 1.77. The average Bonchev–Trinajstić information content (AvgIpc) is 3.15. The average molecular weight is 690 g/mol. The number of aliphatic hydroxyl groups excluding tert-OH is 1. The minimum absolute atomic E-state index is 0.112. The maximum Gasteiger partial charge on any atom is 0.253 e. The first-order valence-electron chi connectivity index (χ1n) is 16.4. The van der Waals surface area contributed by atoms with Crippen molar-refractivity contribution >= 4 is 17.3 Å². The number of rotatable bonds is 17. The maximum atomic E-state index is 12.1. The van der Waals surface area contributed by atoms with Gasteiger partial charge in [0.1, 0.15) is 17.4 Å². The Balaban J connectivity index is 1.28. The van der Waals surface area contributed by atoms with Crippen LogP contribution in [0.5, 0.6) is 28.7 Å². The van der Waals surface area contributed by atoms with Crippen LogP contribution in [0, 0.1) is 11.3 Å². The van der Waals surface area contributed by atoms with Crippen molar-refractivity contribution in [2.75, 3.05) is 77.5 Å². The highest BCUT2D eigenvalue weighted by molar-refractivity contribution is 5.80. The van der Waals surface area contributed by atoms with Crippen molar-refractivity contribution in [3.63, 3.8) is 0 Å². The molecule has 2 atom stereocenters. The second kappa shape index (κ2) is 17.6. The molecule has 3 aromatic rings. The number of nitrogens with zero attached hydrogens (tertiary/aromatic N) is 2. The molecule has 2 aliphatic heterocycles. The van der Waals surface area contributed by atoms with Gasteiger partial charge in [0.05, 0.1) is 39.2 Å². The standard InChI is InChI=1S/C36H43N5O9/c1-25(35(43)38-13-17-42)49-50-32-8-5-4-7-31(32)48-28-11-9-27(10-12-28)40-36(45-3)26(23-37)24-39-30-22-34(33(44-2)21-29(30)36)47-18-6-14-41-15-19-46-20-16-41/h4-5,7-12,21-22,24-25,39-40,42H,6,13-20H2,1-3H3,(H,38,43). The number of para-hydroxylation sites is 2. The summed E-state index contributed by atoms with van der Waals surface area (Å²) < 4.78 is 29.5. The number of nitriles is 1. The van der Waals surface area contributed by atoms with Crippen LogP contribution in [-0.4, -0.2) is 88.8 Å². The first-order chi connectivity index (χ1) is 24.4. The number of ether oxygens (including phenoxy) is 5. The lowest BCUT2D eigenvalue weighted by Crippen LogP contribution is -2.42. The molecule has 3 aromatic carbocycles. The third-order valence-corrected chi connectivity index (χ3v) is 8.16. The van der Waals surface area contributed by atoms with Crippen molar-refractivity contribution < 1.29 is 43.4 Å². The summed E-state index contributed by atoms with van der Waals surface area (Å²) in [5, 5.41) is 28.2. The van der Waals surface area contributed by atoms with E-state index in [9.17, 15) is 10.1 Å². The van der Waals surface area contributed by atoms with E-state index in [1.165, 1.54) is 14.0 Å². The summed E-state index contributed by atoms with van der Waals surface area (Å²) in [6.45, 7) is 6.26. The zero-order valence-corrected chi connectivity index (χ0v) is 28.4. The lowest BCUT2D eigenvalue weighted by Gasteiger charge is -2.38. The van der Waals surface area contributed by atoms with Crippen molar-refractivity contribution in [2.24, 2.45) is 0 Å². The van der Waals surface area contributed by atoms with Gasteiger partial charge in [0, 0.05) is 56.8 Å². The minimum Gasteiger partial charge on any atom is -0.493 e. The molecule has 14 nitrogen and oxygen atoms in total. The van der Waals surface area contributed by atoms with Gasteiger partial charge >= 0.3 is 0 Å². The van der Waals surface area contributed by atoms with Gasteiger partial charge in [-0.15, -0.1) is 0 Å². The fraction of sp³-hybridized carbons (Fsp3) is 0.389. The van der Waals surface area contributed by atoms with E-state index in [0.717, 1.165) is 39.3 Å². The van der Waals surface area contributed by atoms with Gasteiger partial charge in [-0.2, -0.15) is 10.1 Å². The zero-order valence-electron chi connectivity index (χ0n) is 28.4. The van der Waals surface area contributed by atoms with Crippen LogP contribution in [0.4, 0.5) is 11.4 Å². The van der Waals surface area contributed by atoms with Crippen molar-refractivity contribution in [3.8, 4) is 34.8 Å². The molecule has 5 rings (SSSR count). The molecule has 2 unspecified atom stereocenters. The number of benzene rings is 3. The van der Waals surface area contributed by atoms with E-state index in [0.29, 0.717) is 52.1 Å². The van der Waals surface area contributed by atoms with E-state index in [-0.39, 0.29) is 18.9 Å². The lowest BCUT2D eigenvalue weighted by molar-refractivity contribution is -0.236. The molecular formula is C36H43N5O9. The highest BCUT2D eigenvalue weighted by atomic mass is 17.2. The molecule has 0 aromatic heterocycles. The number of fused-ring (bicyclic) bond motifs is 1. The van der Waals surface area contributed by atoms with E-state index < -0.39 is 17.7 Å². The molecule has 4 N–H and O–H groups in total. The van der Waals surface area contributed by atoms with Crippen molar-refractivity contribution in [1.82, 2.24) is 10.2 Å². The van der Waals surface area contributed by atoms with Gasteiger partial charge in [0.25, 0.3) is 5.91 Å². The Morgan fingerprint density at radius 3 is 2.54 bits per heavy atom. The predicted octanol–water partition coefficient (Wildman–Crippen LogP) is 4.14. The molecule has 0 bridgehead atoms. The normalized spacial score (nSPS) is 17.6. The van der Waals surface area contributed by atoms with Gasteiger partial charge < -0.3 is 49.6 Å². The molecule has 50 heavy (non-hydrogen) atoms. The highest BCUT2D eigenvalue weighted by Crippen LogP contribution is 2.46. The van der Waals surface area contributed by atoms with Gasteiger partial charge in [-0.25, -0.2) is 0 Å². The Hall–Kier alpha value is -5.04. The second-order valence-corrected chi connectivity index (χ2v) is 11.4. The summed E-state index contributed by atoms with van der Waals surface area (Å²) in [4.78, 5) is 25.1. The second-order valence-electron chi connectivity index (χ2n) is 11.4. The Kier molecular flexibility index (Phi) is 12.7. The fourth-order valence-electron chi connectivity index (χ4n) is 5.48. The fourth-order valence-corrected chi connectivity index (χ4v) is 5.48. The number of hydrogen-bond donors (Lipinski definition) is 4. The predicted molar refractivity (Wildman–Crippen MR) is 184 cm³/mol. The van der Waals surface area contributed by atoms with Gasteiger partial charge in [-0.3, -0.25) is 9.69 Å². The largest absolute Gasteiger partial charge is 0.493 e. The lowest BCUT2D eigenvalue weighted by atomic mass is 9.90. The molecule has 0 spiro atoms. The van der Waals surface area contributed by atoms with Crippen LogP contribution in [0.25, 0.3) is 0 Å². The Bertz CT molecular complexity index is 1660. The summed E-state index contributed by atoms with van der Waals surface area (Å²) in [6, 6.07) is 19.9. The number of amides is 1. The monoisotopic (exact) mass is 689 g/mol. The summed E-state index contributed by atoms with van der Waals surface area (Å²) in [6.07, 6.45) is 1.54. The number of morpholine rings is 1. The summed E-state index contributed by atoms with van der Waals surface area (Å²) in [5.41, 5.74) is 0.937. The van der Waals surface area contributed by atoms with Crippen LogP contribution in [0.1, 0.15) is 18.9 Å². The smallest absolute Gasteiger partial charge is 0.253 e. The van der Waals surface area contributed by atoms with Crippen molar-refractivity contribution in [1.29, 1.82) is 5.26 Å². The van der Waals surface area contributed by atoms with E-state index in [1.807, 2.05) is 12.1 Å². The number of methoxy groups -OCH3 is 2. The van der Waals surface area contributed by atoms with Crippen LogP contribution >= 0.6 is 0 Å². The quantitative estimate of drug-likeness (QED) is 0.0693. The molecule has 0 aliphatic carbocycles. The molecule has 0 saturated carbocycles. The van der Waals surface area contributed by atoms with E-state index in [2.05, 4.69) is 26.9 Å². The Morgan fingerprint density at radius 1 is 1.08 bits per heavy atom. The van der Waals surface area contributed by atoms with Crippen molar-refractivity contribution in [2.45, 2.75) is 25.2 Å². The van der Waals surface area contributed by atoms with E-state index >= 15 is 0 Å². The Morgan fingerprint density at radius 2 is 1.84 bits per heavy atom. The maximum absolute atomic E-state index is 12.1. The third-order valence-electron chi connectivity index (χ3n) is 8.16. The first kappa shape index (κ1) is 36.2. The number of hydrogen-bond acceptors (Lipinski definition) is 13. The zero-order chi connectivity index (χ0) is 35.3. The van der Waals surface area contributed by atoms with Gasteiger partial charge in [0.15, 0.2) is 23.4 Å². The molecule has 0 radical (unpaired) electrons. The Labute approximate surface area is 291 Å². The summed E-state index contributed by atoms with van der Waals surface area (Å²) >= 11 is 0. The highest BCUT2D eigenvalue weighted by Gasteiger charge is 2.42. The topological polar surface area (TPSA) is 165 Å². The number of anilines is 2. The van der Waals surface area contributed by atoms with E-state index in [1.54, 1.807) is 61.8 Å². The molecular weight excluding hydrogens is 646 g/mol. The van der Waals surface area contributed by atoms with Crippen molar-refractivity contribution in [3.05, 3.63) is 78.0 Å². The third kappa shape index (κ3) is 8.75. The minimum atomic E-state index is -1.35. The van der Waals surface area contributed by atoms with Crippen LogP contribution in [0.2, 0.25) is 0 Å². The molecule has 1 saturated heterocycles. The number of aliphatic hydroxyl groups is 1. The summed E-state index contributed by atoms with van der Waals surface area (Å²) in [7, 11) is 3.11. The molecule has 2 aliphatic rings.